The van der Waals surface area contributed by atoms with Crippen molar-refractivity contribution in [2.24, 2.45) is 0 Å². The van der Waals surface area contributed by atoms with Crippen LogP contribution in [0, 0.1) is 10.1 Å². The maximum atomic E-state index is 12.2. The number of nitrogens with one attached hydrogen (secondary N) is 1. The number of rotatable bonds is 8. The van der Waals surface area contributed by atoms with Gasteiger partial charge in [-0.05, 0) is 41.8 Å². The second-order valence-electron chi connectivity index (χ2n) is 7.09. The third kappa shape index (κ3) is 4.70. The van der Waals surface area contributed by atoms with Gasteiger partial charge >= 0.3 is 5.69 Å². The summed E-state index contributed by atoms with van der Waals surface area (Å²) in [6, 6.07) is 22.8. The Morgan fingerprint density at radius 2 is 1.66 bits per heavy atom. The summed E-state index contributed by atoms with van der Waals surface area (Å²) in [6.07, 6.45) is 3.89. The van der Waals surface area contributed by atoms with Crippen molar-refractivity contribution < 1.29 is 4.92 Å². The van der Waals surface area contributed by atoms with Crippen molar-refractivity contribution in [1.82, 2.24) is 15.0 Å². The monoisotopic (exact) mass is 426 g/mol. The second-order valence-corrected chi connectivity index (χ2v) is 7.09. The lowest BCUT2D eigenvalue weighted by atomic mass is 10.1. The molecule has 1 N–H and O–H groups in total. The number of hydrogen-bond donors (Lipinski definition) is 1. The van der Waals surface area contributed by atoms with Crippen LogP contribution in [0.25, 0.3) is 0 Å². The molecular formula is C24H22N6O2. The first-order valence-electron chi connectivity index (χ1n) is 10.2. The summed E-state index contributed by atoms with van der Waals surface area (Å²) in [7, 11) is 0. The van der Waals surface area contributed by atoms with E-state index in [2.05, 4.69) is 27.2 Å². The first-order valence-corrected chi connectivity index (χ1v) is 10.2. The number of anilines is 4. The third-order valence-corrected chi connectivity index (χ3v) is 4.98. The highest BCUT2D eigenvalue weighted by Crippen LogP contribution is 2.37. The number of nitro groups is 1. The SMILES string of the molecule is CCc1ccc(Nc2ncnc(N(Cc3ccccc3)c3ccccn3)c2[N+](=O)[O-])cc1. The maximum Gasteiger partial charge on any atom is 0.354 e. The largest absolute Gasteiger partial charge is 0.354 e. The molecule has 0 radical (unpaired) electrons. The van der Waals surface area contributed by atoms with E-state index in [4.69, 9.17) is 0 Å². The van der Waals surface area contributed by atoms with Gasteiger partial charge in [-0.15, -0.1) is 0 Å². The zero-order chi connectivity index (χ0) is 22.3. The van der Waals surface area contributed by atoms with Crippen molar-refractivity contribution in [3.63, 3.8) is 0 Å². The van der Waals surface area contributed by atoms with Gasteiger partial charge in [-0.1, -0.05) is 55.5 Å². The fraction of sp³-hybridized carbons (Fsp3) is 0.125. The van der Waals surface area contributed by atoms with Crippen LogP contribution in [-0.4, -0.2) is 19.9 Å². The summed E-state index contributed by atoms with van der Waals surface area (Å²) in [5.74, 6) is 0.842. The summed E-state index contributed by atoms with van der Waals surface area (Å²) in [6.45, 7) is 2.43. The van der Waals surface area contributed by atoms with E-state index in [1.807, 2.05) is 60.7 Å². The Morgan fingerprint density at radius 1 is 0.906 bits per heavy atom. The van der Waals surface area contributed by atoms with Gasteiger partial charge in [-0.3, -0.25) is 10.1 Å². The van der Waals surface area contributed by atoms with Crippen molar-refractivity contribution in [3.8, 4) is 0 Å². The summed E-state index contributed by atoms with van der Waals surface area (Å²) >= 11 is 0. The molecule has 0 spiro atoms. The first kappa shape index (κ1) is 20.9. The van der Waals surface area contributed by atoms with Crippen LogP contribution >= 0.6 is 0 Å². The molecule has 0 aliphatic carbocycles. The molecule has 2 aromatic heterocycles. The van der Waals surface area contributed by atoms with Crippen LogP contribution in [0.4, 0.5) is 28.8 Å². The molecule has 2 aromatic carbocycles. The smallest absolute Gasteiger partial charge is 0.334 e. The highest BCUT2D eigenvalue weighted by Gasteiger charge is 2.28. The molecule has 0 saturated carbocycles. The van der Waals surface area contributed by atoms with Gasteiger partial charge in [0, 0.05) is 11.9 Å². The summed E-state index contributed by atoms with van der Waals surface area (Å²) in [4.78, 5) is 26.3. The number of aryl methyl sites for hydroxylation is 1. The fourth-order valence-electron chi connectivity index (χ4n) is 3.33. The molecule has 160 valence electrons. The van der Waals surface area contributed by atoms with E-state index in [0.29, 0.717) is 18.1 Å². The molecule has 4 aromatic rings. The Morgan fingerprint density at radius 3 is 2.31 bits per heavy atom. The molecule has 4 rings (SSSR count). The van der Waals surface area contributed by atoms with Gasteiger partial charge in [0.25, 0.3) is 0 Å². The highest BCUT2D eigenvalue weighted by atomic mass is 16.6. The Labute approximate surface area is 185 Å². The molecule has 0 unspecified atom stereocenters. The zero-order valence-corrected chi connectivity index (χ0v) is 17.5. The van der Waals surface area contributed by atoms with Gasteiger partial charge in [-0.25, -0.2) is 15.0 Å². The van der Waals surface area contributed by atoms with Crippen LogP contribution in [0.1, 0.15) is 18.1 Å². The number of benzene rings is 2. The van der Waals surface area contributed by atoms with Crippen molar-refractivity contribution in [3.05, 3.63) is 107 Å². The lowest BCUT2D eigenvalue weighted by Gasteiger charge is -2.23. The van der Waals surface area contributed by atoms with E-state index in [0.717, 1.165) is 12.0 Å². The van der Waals surface area contributed by atoms with Crippen molar-refractivity contribution in [2.45, 2.75) is 19.9 Å². The molecule has 0 aliphatic rings. The average molecular weight is 426 g/mol. The number of aromatic nitrogens is 3. The minimum Gasteiger partial charge on any atom is -0.334 e. The molecular weight excluding hydrogens is 404 g/mol. The quantitative estimate of drug-likeness (QED) is 0.297. The summed E-state index contributed by atoms with van der Waals surface area (Å²) in [5, 5.41) is 15.2. The number of pyridine rings is 1. The normalized spacial score (nSPS) is 10.5. The molecule has 32 heavy (non-hydrogen) atoms. The minimum absolute atomic E-state index is 0.123. The van der Waals surface area contributed by atoms with Crippen molar-refractivity contribution in [1.29, 1.82) is 0 Å². The van der Waals surface area contributed by atoms with E-state index in [1.165, 1.54) is 11.9 Å². The Balaban J connectivity index is 1.78. The van der Waals surface area contributed by atoms with Crippen molar-refractivity contribution in [2.75, 3.05) is 10.2 Å². The molecule has 2 heterocycles. The predicted octanol–water partition coefficient (Wildman–Crippen LogP) is 5.42. The average Bonchev–Trinajstić information content (AvgIpc) is 2.84. The molecule has 0 atom stereocenters. The molecule has 0 saturated heterocycles. The first-order chi connectivity index (χ1) is 15.7. The van der Waals surface area contributed by atoms with Crippen LogP contribution in [0.5, 0.6) is 0 Å². The standard InChI is InChI=1S/C24H22N6O2/c1-2-18-11-13-20(14-12-18)28-23-22(30(31)32)24(27-17-26-23)29(21-10-6-7-15-25-21)16-19-8-4-3-5-9-19/h3-15,17H,2,16H2,1H3,(H,26,27,28). The Hall–Kier alpha value is -4.33. The van der Waals surface area contributed by atoms with E-state index in [1.54, 1.807) is 23.2 Å². The molecule has 0 bridgehead atoms. The summed E-state index contributed by atoms with van der Waals surface area (Å²) in [5.41, 5.74) is 2.64. The van der Waals surface area contributed by atoms with E-state index in [-0.39, 0.29) is 17.3 Å². The van der Waals surface area contributed by atoms with E-state index >= 15 is 0 Å². The zero-order valence-electron chi connectivity index (χ0n) is 17.5. The molecule has 8 heteroatoms. The Bertz CT molecular complexity index is 1180. The van der Waals surface area contributed by atoms with Crippen LogP contribution in [0.15, 0.2) is 85.3 Å². The van der Waals surface area contributed by atoms with Gasteiger partial charge in [0.15, 0.2) is 0 Å². The molecule has 8 nitrogen and oxygen atoms in total. The van der Waals surface area contributed by atoms with E-state index in [9.17, 15) is 10.1 Å². The van der Waals surface area contributed by atoms with Crippen LogP contribution < -0.4 is 10.2 Å². The van der Waals surface area contributed by atoms with Gasteiger partial charge < -0.3 is 10.2 Å². The summed E-state index contributed by atoms with van der Waals surface area (Å²) < 4.78 is 0. The molecule has 0 aliphatic heterocycles. The van der Waals surface area contributed by atoms with E-state index < -0.39 is 4.92 Å². The van der Waals surface area contributed by atoms with Crippen LogP contribution in [0.2, 0.25) is 0 Å². The van der Waals surface area contributed by atoms with Gasteiger partial charge in [0.05, 0.1) is 11.5 Å². The van der Waals surface area contributed by atoms with Crippen molar-refractivity contribution >= 4 is 28.8 Å². The van der Waals surface area contributed by atoms with Crippen LogP contribution in [-0.2, 0) is 13.0 Å². The highest BCUT2D eigenvalue weighted by molar-refractivity contribution is 5.77. The molecule has 0 amide bonds. The lowest BCUT2D eigenvalue weighted by Crippen LogP contribution is -2.21. The third-order valence-electron chi connectivity index (χ3n) is 4.98. The van der Waals surface area contributed by atoms with Gasteiger partial charge in [0.2, 0.25) is 11.6 Å². The fourth-order valence-corrected chi connectivity index (χ4v) is 3.33. The predicted molar refractivity (Wildman–Crippen MR) is 124 cm³/mol. The number of nitrogens with zero attached hydrogens (tertiary/aromatic N) is 5. The topological polar surface area (TPSA) is 97.1 Å². The Kier molecular flexibility index (Phi) is 6.31. The molecule has 0 fully saturated rings. The van der Waals surface area contributed by atoms with Crippen LogP contribution in [0.3, 0.4) is 0 Å². The van der Waals surface area contributed by atoms with Gasteiger partial charge in [-0.2, -0.15) is 0 Å². The maximum absolute atomic E-state index is 12.2. The second kappa shape index (κ2) is 9.65. The minimum atomic E-state index is -0.459. The number of hydrogen-bond acceptors (Lipinski definition) is 7. The van der Waals surface area contributed by atoms with Gasteiger partial charge in [0.1, 0.15) is 12.1 Å². The lowest BCUT2D eigenvalue weighted by molar-refractivity contribution is -0.383.